The molecule has 1 aromatic carbocycles. The van der Waals surface area contributed by atoms with E-state index in [0.29, 0.717) is 34.1 Å². The zero-order valence-corrected chi connectivity index (χ0v) is 9.10. The number of benzene rings is 1. The fourth-order valence-electron chi connectivity index (χ4n) is 1.95. The molecule has 5 heteroatoms. The predicted molar refractivity (Wildman–Crippen MR) is 63.4 cm³/mol. The summed E-state index contributed by atoms with van der Waals surface area (Å²) in [6, 6.07) is 7.07. The SMILES string of the molecule is Cc1[nH]n2c(=O)c3ccccc3nc2c1C=O. The van der Waals surface area contributed by atoms with Crippen molar-refractivity contribution in [2.75, 3.05) is 0 Å². The second-order valence-electron chi connectivity index (χ2n) is 3.86. The average Bonchev–Trinajstić information content (AvgIpc) is 2.66. The number of nitrogens with one attached hydrogen (secondary N) is 1. The summed E-state index contributed by atoms with van der Waals surface area (Å²) in [6.45, 7) is 1.74. The Morgan fingerprint density at radius 2 is 2.12 bits per heavy atom. The molecule has 0 aliphatic heterocycles. The van der Waals surface area contributed by atoms with Crippen LogP contribution in [0.2, 0.25) is 0 Å². The van der Waals surface area contributed by atoms with Gasteiger partial charge in [0.1, 0.15) is 0 Å². The lowest BCUT2D eigenvalue weighted by Gasteiger charge is -1.97. The maximum atomic E-state index is 12.1. The third kappa shape index (κ3) is 1.22. The highest BCUT2D eigenvalue weighted by Gasteiger charge is 2.12. The smallest absolute Gasteiger partial charge is 0.280 e. The van der Waals surface area contributed by atoms with E-state index in [1.807, 2.05) is 6.07 Å². The standard InChI is InChI=1S/C12H9N3O2/c1-7-9(6-16)11-13-10-5-3-2-4-8(10)12(17)15(11)14-7/h2-6,14H,1H3. The summed E-state index contributed by atoms with van der Waals surface area (Å²) in [7, 11) is 0. The molecule has 3 aromatic rings. The van der Waals surface area contributed by atoms with Gasteiger partial charge in [-0.15, -0.1) is 0 Å². The Bertz CT molecular complexity index is 798. The molecule has 5 nitrogen and oxygen atoms in total. The number of H-pyrrole nitrogens is 1. The summed E-state index contributed by atoms with van der Waals surface area (Å²) in [5.41, 5.74) is 1.84. The van der Waals surface area contributed by atoms with E-state index in [-0.39, 0.29) is 5.56 Å². The molecule has 0 aliphatic rings. The lowest BCUT2D eigenvalue weighted by Crippen LogP contribution is -2.15. The van der Waals surface area contributed by atoms with E-state index in [1.165, 1.54) is 4.52 Å². The van der Waals surface area contributed by atoms with Crippen molar-refractivity contribution in [3.8, 4) is 0 Å². The van der Waals surface area contributed by atoms with Crippen molar-refractivity contribution < 1.29 is 4.79 Å². The van der Waals surface area contributed by atoms with Crippen LogP contribution in [0.25, 0.3) is 16.6 Å². The number of fused-ring (bicyclic) bond motifs is 2. The number of aryl methyl sites for hydroxylation is 1. The maximum absolute atomic E-state index is 12.1. The Hall–Kier alpha value is -2.43. The van der Waals surface area contributed by atoms with Crippen LogP contribution in [0.5, 0.6) is 0 Å². The molecular weight excluding hydrogens is 218 g/mol. The first-order valence-electron chi connectivity index (χ1n) is 5.17. The molecule has 0 bridgehead atoms. The molecule has 0 saturated heterocycles. The van der Waals surface area contributed by atoms with Gasteiger partial charge in [0.15, 0.2) is 11.9 Å². The molecule has 2 aromatic heterocycles. The number of aromatic amines is 1. The molecule has 0 radical (unpaired) electrons. The van der Waals surface area contributed by atoms with Crippen LogP contribution in [-0.4, -0.2) is 20.9 Å². The van der Waals surface area contributed by atoms with Gasteiger partial charge in [-0.2, -0.15) is 0 Å². The summed E-state index contributed by atoms with van der Waals surface area (Å²) < 4.78 is 1.31. The minimum absolute atomic E-state index is 0.193. The van der Waals surface area contributed by atoms with Crippen molar-refractivity contribution in [2.45, 2.75) is 6.92 Å². The number of hydrogen-bond donors (Lipinski definition) is 1. The molecule has 0 amide bonds. The number of carbonyl (C=O) groups excluding carboxylic acids is 1. The summed E-state index contributed by atoms with van der Waals surface area (Å²) in [4.78, 5) is 27.5. The van der Waals surface area contributed by atoms with Crippen LogP contribution < -0.4 is 5.56 Å². The van der Waals surface area contributed by atoms with Crippen molar-refractivity contribution in [2.24, 2.45) is 0 Å². The van der Waals surface area contributed by atoms with Crippen molar-refractivity contribution >= 4 is 22.8 Å². The molecule has 84 valence electrons. The van der Waals surface area contributed by atoms with Gasteiger partial charge >= 0.3 is 0 Å². The molecule has 17 heavy (non-hydrogen) atoms. The van der Waals surface area contributed by atoms with Gasteiger partial charge in [-0.25, -0.2) is 9.50 Å². The predicted octanol–water partition coefficient (Wildman–Crippen LogP) is 1.30. The topological polar surface area (TPSA) is 67.2 Å². The first-order chi connectivity index (χ1) is 8.22. The number of aldehydes is 1. The lowest BCUT2D eigenvalue weighted by atomic mass is 10.2. The molecule has 0 fully saturated rings. The second kappa shape index (κ2) is 3.28. The molecule has 0 unspecified atom stereocenters. The van der Waals surface area contributed by atoms with E-state index in [1.54, 1.807) is 25.1 Å². The number of carbonyl (C=O) groups is 1. The monoisotopic (exact) mass is 227 g/mol. The summed E-state index contributed by atoms with van der Waals surface area (Å²) in [5.74, 6) is 0. The highest BCUT2D eigenvalue weighted by molar-refractivity contribution is 5.88. The van der Waals surface area contributed by atoms with Gasteiger partial charge in [0.05, 0.1) is 16.5 Å². The molecule has 1 N–H and O–H groups in total. The van der Waals surface area contributed by atoms with Gasteiger partial charge in [-0.3, -0.25) is 14.7 Å². The maximum Gasteiger partial charge on any atom is 0.280 e. The summed E-state index contributed by atoms with van der Waals surface area (Å²) in [6.07, 6.45) is 0.711. The first kappa shape index (κ1) is 9.77. The number of hydrogen-bond acceptors (Lipinski definition) is 3. The van der Waals surface area contributed by atoms with Gasteiger partial charge in [-0.05, 0) is 19.1 Å². The fourth-order valence-corrected chi connectivity index (χ4v) is 1.95. The molecule has 0 atom stereocenters. The zero-order chi connectivity index (χ0) is 12.0. The number of rotatable bonds is 1. The van der Waals surface area contributed by atoms with Crippen molar-refractivity contribution in [1.29, 1.82) is 0 Å². The van der Waals surface area contributed by atoms with Crippen LogP contribution in [0.4, 0.5) is 0 Å². The van der Waals surface area contributed by atoms with Gasteiger partial charge in [0.2, 0.25) is 0 Å². The number of para-hydroxylation sites is 1. The van der Waals surface area contributed by atoms with Crippen molar-refractivity contribution in [3.05, 3.63) is 45.9 Å². The van der Waals surface area contributed by atoms with E-state index in [9.17, 15) is 9.59 Å². The van der Waals surface area contributed by atoms with Crippen LogP contribution in [0.3, 0.4) is 0 Å². The Morgan fingerprint density at radius 1 is 1.35 bits per heavy atom. The largest absolute Gasteiger partial charge is 0.298 e. The Morgan fingerprint density at radius 3 is 2.88 bits per heavy atom. The third-order valence-corrected chi connectivity index (χ3v) is 2.82. The van der Waals surface area contributed by atoms with Gasteiger partial charge < -0.3 is 0 Å². The third-order valence-electron chi connectivity index (χ3n) is 2.82. The van der Waals surface area contributed by atoms with Crippen LogP contribution in [0.15, 0.2) is 29.1 Å². The van der Waals surface area contributed by atoms with Gasteiger partial charge in [0, 0.05) is 5.69 Å². The van der Waals surface area contributed by atoms with Crippen molar-refractivity contribution in [3.63, 3.8) is 0 Å². The van der Waals surface area contributed by atoms with E-state index in [0.717, 1.165) is 0 Å². The lowest BCUT2D eigenvalue weighted by molar-refractivity contribution is 0.112. The summed E-state index contributed by atoms with van der Waals surface area (Å²) in [5, 5.41) is 3.38. The minimum Gasteiger partial charge on any atom is -0.298 e. The second-order valence-corrected chi connectivity index (χ2v) is 3.86. The molecule has 2 heterocycles. The Kier molecular flexibility index (Phi) is 1.89. The Balaban J connectivity index is 2.64. The normalized spacial score (nSPS) is 11.1. The molecule has 0 saturated carbocycles. The minimum atomic E-state index is -0.193. The molecule has 0 spiro atoms. The van der Waals surface area contributed by atoms with E-state index >= 15 is 0 Å². The van der Waals surface area contributed by atoms with Crippen LogP contribution in [0.1, 0.15) is 16.1 Å². The van der Waals surface area contributed by atoms with Gasteiger partial charge in [0.25, 0.3) is 5.56 Å². The van der Waals surface area contributed by atoms with Gasteiger partial charge in [-0.1, -0.05) is 12.1 Å². The first-order valence-corrected chi connectivity index (χ1v) is 5.17. The number of aromatic nitrogens is 3. The fraction of sp³-hybridized carbons (Fsp3) is 0.0833. The van der Waals surface area contributed by atoms with Crippen LogP contribution in [-0.2, 0) is 0 Å². The van der Waals surface area contributed by atoms with Crippen molar-refractivity contribution in [1.82, 2.24) is 14.6 Å². The molecular formula is C12H9N3O2. The molecule has 3 rings (SSSR count). The van der Waals surface area contributed by atoms with E-state index in [2.05, 4.69) is 10.1 Å². The Labute approximate surface area is 95.7 Å². The molecule has 0 aliphatic carbocycles. The van der Waals surface area contributed by atoms with Crippen LogP contribution in [0, 0.1) is 6.92 Å². The van der Waals surface area contributed by atoms with Crippen LogP contribution >= 0.6 is 0 Å². The zero-order valence-electron chi connectivity index (χ0n) is 9.10. The van der Waals surface area contributed by atoms with E-state index < -0.39 is 0 Å². The highest BCUT2D eigenvalue weighted by atomic mass is 16.1. The summed E-state index contributed by atoms with van der Waals surface area (Å²) >= 11 is 0. The quantitative estimate of drug-likeness (QED) is 0.637. The average molecular weight is 227 g/mol. The highest BCUT2D eigenvalue weighted by Crippen LogP contribution is 2.13. The van der Waals surface area contributed by atoms with E-state index in [4.69, 9.17) is 0 Å². The number of nitrogens with zero attached hydrogens (tertiary/aromatic N) is 2.